The Bertz CT molecular complexity index is 527. The van der Waals surface area contributed by atoms with Crippen molar-refractivity contribution in [1.82, 2.24) is 0 Å². The van der Waals surface area contributed by atoms with Crippen LogP contribution in [0.15, 0.2) is 24.3 Å². The van der Waals surface area contributed by atoms with E-state index in [0.29, 0.717) is 19.6 Å². The molecule has 1 aliphatic rings. The third kappa shape index (κ3) is 3.35. The predicted octanol–water partition coefficient (Wildman–Crippen LogP) is 1.45. The Kier molecular flexibility index (Phi) is 4.60. The van der Waals surface area contributed by atoms with E-state index < -0.39 is 15.1 Å². The Labute approximate surface area is 114 Å². The highest BCUT2D eigenvalue weighted by Gasteiger charge is 2.29. The highest BCUT2D eigenvalue weighted by atomic mass is 32.2. The normalized spacial score (nSPS) is 20.8. The molecular formula is C14H21NO3S. The SMILES string of the molecule is CC(CCN)S(=O)(=O)CC1OCCc2ccccc21. The highest BCUT2D eigenvalue weighted by Crippen LogP contribution is 2.29. The van der Waals surface area contributed by atoms with Crippen molar-refractivity contribution in [3.05, 3.63) is 35.4 Å². The lowest BCUT2D eigenvalue weighted by molar-refractivity contribution is 0.0575. The minimum atomic E-state index is -3.17. The second-order valence-electron chi connectivity index (χ2n) is 5.03. The molecule has 1 heterocycles. The van der Waals surface area contributed by atoms with Gasteiger partial charge >= 0.3 is 0 Å². The van der Waals surface area contributed by atoms with E-state index in [-0.39, 0.29) is 11.9 Å². The second-order valence-corrected chi connectivity index (χ2v) is 7.49. The monoisotopic (exact) mass is 283 g/mol. The molecule has 2 N–H and O–H groups in total. The molecule has 2 unspecified atom stereocenters. The number of hydrogen-bond acceptors (Lipinski definition) is 4. The van der Waals surface area contributed by atoms with Gasteiger partial charge in [-0.3, -0.25) is 0 Å². The summed E-state index contributed by atoms with van der Waals surface area (Å²) in [6.07, 6.45) is 1.01. The van der Waals surface area contributed by atoms with Gasteiger partial charge in [0, 0.05) is 0 Å². The molecule has 0 saturated carbocycles. The van der Waals surface area contributed by atoms with Crippen LogP contribution in [0.25, 0.3) is 0 Å². The summed E-state index contributed by atoms with van der Waals surface area (Å²) in [5.74, 6) is 0.0468. The van der Waals surface area contributed by atoms with Crippen LogP contribution in [0.5, 0.6) is 0 Å². The third-order valence-electron chi connectivity index (χ3n) is 3.66. The lowest BCUT2D eigenvalue weighted by Gasteiger charge is -2.27. The van der Waals surface area contributed by atoms with Crippen LogP contribution >= 0.6 is 0 Å². The van der Waals surface area contributed by atoms with Crippen LogP contribution in [0.4, 0.5) is 0 Å². The van der Waals surface area contributed by atoms with E-state index in [4.69, 9.17) is 10.5 Å². The molecular weight excluding hydrogens is 262 g/mol. The van der Waals surface area contributed by atoms with Crippen molar-refractivity contribution in [3.63, 3.8) is 0 Å². The molecule has 0 aromatic heterocycles. The van der Waals surface area contributed by atoms with Crippen molar-refractivity contribution in [1.29, 1.82) is 0 Å². The van der Waals surface area contributed by atoms with E-state index >= 15 is 0 Å². The number of ether oxygens (including phenoxy) is 1. The van der Waals surface area contributed by atoms with E-state index in [0.717, 1.165) is 12.0 Å². The summed E-state index contributed by atoms with van der Waals surface area (Å²) in [6, 6.07) is 7.91. The summed E-state index contributed by atoms with van der Waals surface area (Å²) >= 11 is 0. The van der Waals surface area contributed by atoms with Gasteiger partial charge in [0.05, 0.1) is 23.7 Å². The maximum absolute atomic E-state index is 12.3. The molecule has 1 aliphatic heterocycles. The molecule has 19 heavy (non-hydrogen) atoms. The van der Waals surface area contributed by atoms with E-state index in [2.05, 4.69) is 0 Å². The Morgan fingerprint density at radius 1 is 1.42 bits per heavy atom. The molecule has 0 spiro atoms. The Hall–Kier alpha value is -0.910. The molecule has 106 valence electrons. The number of fused-ring (bicyclic) bond motifs is 1. The molecule has 2 atom stereocenters. The lowest BCUT2D eigenvalue weighted by atomic mass is 9.99. The number of rotatable bonds is 5. The zero-order chi connectivity index (χ0) is 13.9. The van der Waals surface area contributed by atoms with Gasteiger partial charge in [-0.05, 0) is 37.4 Å². The van der Waals surface area contributed by atoms with Crippen LogP contribution in [-0.4, -0.2) is 32.6 Å². The van der Waals surface area contributed by atoms with Crippen LogP contribution < -0.4 is 5.73 Å². The van der Waals surface area contributed by atoms with Crippen molar-refractivity contribution in [2.24, 2.45) is 5.73 Å². The summed E-state index contributed by atoms with van der Waals surface area (Å²) < 4.78 is 30.2. The summed E-state index contributed by atoms with van der Waals surface area (Å²) in [5, 5.41) is -0.407. The largest absolute Gasteiger partial charge is 0.372 e. The van der Waals surface area contributed by atoms with Crippen molar-refractivity contribution in [2.45, 2.75) is 31.1 Å². The number of hydrogen-bond donors (Lipinski definition) is 1. The van der Waals surface area contributed by atoms with Gasteiger partial charge in [0.15, 0.2) is 9.84 Å². The molecule has 2 rings (SSSR count). The average Bonchev–Trinajstić information content (AvgIpc) is 2.39. The van der Waals surface area contributed by atoms with Gasteiger partial charge in [0.1, 0.15) is 0 Å². The molecule has 0 saturated heterocycles. The molecule has 0 radical (unpaired) electrons. The number of benzene rings is 1. The Balaban J connectivity index is 2.17. The fourth-order valence-electron chi connectivity index (χ4n) is 2.40. The predicted molar refractivity (Wildman–Crippen MR) is 75.8 cm³/mol. The first-order chi connectivity index (χ1) is 9.04. The lowest BCUT2D eigenvalue weighted by Crippen LogP contribution is -2.30. The maximum Gasteiger partial charge on any atom is 0.155 e. The minimum absolute atomic E-state index is 0.0468. The zero-order valence-electron chi connectivity index (χ0n) is 11.2. The number of nitrogens with two attached hydrogens (primary N) is 1. The van der Waals surface area contributed by atoms with Crippen molar-refractivity contribution in [3.8, 4) is 0 Å². The summed E-state index contributed by atoms with van der Waals surface area (Å²) in [5.41, 5.74) is 7.65. The van der Waals surface area contributed by atoms with E-state index in [1.54, 1.807) is 6.92 Å². The average molecular weight is 283 g/mol. The van der Waals surface area contributed by atoms with Gasteiger partial charge < -0.3 is 10.5 Å². The summed E-state index contributed by atoms with van der Waals surface area (Å²) in [7, 11) is -3.17. The number of sulfone groups is 1. The molecule has 1 aromatic rings. The fourth-order valence-corrected chi connectivity index (χ4v) is 3.93. The highest BCUT2D eigenvalue weighted by molar-refractivity contribution is 7.92. The van der Waals surface area contributed by atoms with Crippen LogP contribution in [0.2, 0.25) is 0 Å². The molecule has 0 fully saturated rings. The van der Waals surface area contributed by atoms with Gasteiger partial charge in [-0.15, -0.1) is 0 Å². The van der Waals surface area contributed by atoms with Crippen LogP contribution in [0, 0.1) is 0 Å². The standard InChI is InChI=1S/C14H21NO3S/c1-11(6-8-15)19(16,17)10-14-13-5-3-2-4-12(13)7-9-18-14/h2-5,11,14H,6-10,15H2,1H3. The molecule has 1 aromatic carbocycles. The summed E-state index contributed by atoms with van der Waals surface area (Å²) in [6.45, 7) is 2.70. The van der Waals surface area contributed by atoms with Gasteiger partial charge in [-0.2, -0.15) is 0 Å². The van der Waals surface area contributed by atoms with Gasteiger partial charge in [-0.1, -0.05) is 24.3 Å². The fraction of sp³-hybridized carbons (Fsp3) is 0.571. The van der Waals surface area contributed by atoms with Crippen LogP contribution in [-0.2, 0) is 21.0 Å². The van der Waals surface area contributed by atoms with E-state index in [1.807, 2.05) is 24.3 Å². The summed E-state index contributed by atoms with van der Waals surface area (Å²) in [4.78, 5) is 0. The van der Waals surface area contributed by atoms with Crippen LogP contribution in [0.1, 0.15) is 30.6 Å². The zero-order valence-corrected chi connectivity index (χ0v) is 12.0. The van der Waals surface area contributed by atoms with Crippen LogP contribution in [0.3, 0.4) is 0 Å². The van der Waals surface area contributed by atoms with E-state index in [1.165, 1.54) is 5.56 Å². The van der Waals surface area contributed by atoms with E-state index in [9.17, 15) is 8.42 Å². The maximum atomic E-state index is 12.3. The smallest absolute Gasteiger partial charge is 0.155 e. The first-order valence-electron chi connectivity index (χ1n) is 6.65. The van der Waals surface area contributed by atoms with Crippen molar-refractivity contribution >= 4 is 9.84 Å². The van der Waals surface area contributed by atoms with Crippen molar-refractivity contribution in [2.75, 3.05) is 18.9 Å². The van der Waals surface area contributed by atoms with Gasteiger partial charge in [-0.25, -0.2) is 8.42 Å². The first-order valence-corrected chi connectivity index (χ1v) is 8.37. The third-order valence-corrected chi connectivity index (χ3v) is 5.89. The second kappa shape index (κ2) is 6.03. The quantitative estimate of drug-likeness (QED) is 0.888. The molecule has 5 heteroatoms. The Morgan fingerprint density at radius 3 is 2.89 bits per heavy atom. The first kappa shape index (κ1) is 14.5. The minimum Gasteiger partial charge on any atom is -0.372 e. The molecule has 0 bridgehead atoms. The molecule has 0 amide bonds. The molecule has 0 aliphatic carbocycles. The molecule has 4 nitrogen and oxygen atoms in total. The topological polar surface area (TPSA) is 69.4 Å². The van der Waals surface area contributed by atoms with Crippen molar-refractivity contribution < 1.29 is 13.2 Å². The van der Waals surface area contributed by atoms with Gasteiger partial charge in [0.2, 0.25) is 0 Å². The Morgan fingerprint density at radius 2 is 2.16 bits per heavy atom. The van der Waals surface area contributed by atoms with Gasteiger partial charge in [0.25, 0.3) is 0 Å².